The van der Waals surface area contributed by atoms with Gasteiger partial charge in [0.2, 0.25) is 0 Å². The Morgan fingerprint density at radius 3 is 2.50 bits per heavy atom. The van der Waals surface area contributed by atoms with Gasteiger partial charge in [0, 0.05) is 43.5 Å². The third kappa shape index (κ3) is 2.66. The number of pyridine rings is 1. The van der Waals surface area contributed by atoms with Crippen LogP contribution in [0.1, 0.15) is 5.56 Å². The third-order valence-corrected chi connectivity index (χ3v) is 3.63. The minimum atomic E-state index is -0.0342. The second kappa shape index (κ2) is 5.97. The van der Waals surface area contributed by atoms with Gasteiger partial charge in [-0.05, 0) is 22.0 Å². The van der Waals surface area contributed by atoms with E-state index in [-0.39, 0.29) is 18.8 Å². The standard InChI is InChI=1S/C12H17BrN2O3/c1-17-10-5-15(6-11(10)18-2)12-8(7-16)3-9(13)4-14-12/h3-4,10-11,16H,5-7H2,1-2H3. The molecule has 0 spiro atoms. The number of rotatable bonds is 4. The molecule has 1 aliphatic heterocycles. The molecule has 2 heterocycles. The van der Waals surface area contributed by atoms with Gasteiger partial charge in [0.15, 0.2) is 0 Å². The number of aromatic nitrogens is 1. The third-order valence-electron chi connectivity index (χ3n) is 3.20. The van der Waals surface area contributed by atoms with E-state index in [0.29, 0.717) is 0 Å². The van der Waals surface area contributed by atoms with Crippen LogP contribution in [0.3, 0.4) is 0 Å². The zero-order chi connectivity index (χ0) is 13.1. The van der Waals surface area contributed by atoms with Crippen molar-refractivity contribution >= 4 is 21.7 Å². The van der Waals surface area contributed by atoms with E-state index in [9.17, 15) is 5.11 Å². The summed E-state index contributed by atoms with van der Waals surface area (Å²) >= 11 is 3.36. The van der Waals surface area contributed by atoms with E-state index < -0.39 is 0 Å². The van der Waals surface area contributed by atoms with E-state index in [1.165, 1.54) is 0 Å². The fraction of sp³-hybridized carbons (Fsp3) is 0.583. The van der Waals surface area contributed by atoms with Gasteiger partial charge >= 0.3 is 0 Å². The zero-order valence-corrected chi connectivity index (χ0v) is 12.1. The fourth-order valence-corrected chi connectivity index (χ4v) is 2.62. The number of hydrogen-bond acceptors (Lipinski definition) is 5. The Labute approximate surface area is 115 Å². The zero-order valence-electron chi connectivity index (χ0n) is 10.5. The monoisotopic (exact) mass is 316 g/mol. The topological polar surface area (TPSA) is 54.8 Å². The number of hydrogen-bond donors (Lipinski definition) is 1. The van der Waals surface area contributed by atoms with Crippen LogP contribution in [0.2, 0.25) is 0 Å². The van der Waals surface area contributed by atoms with Crippen molar-refractivity contribution in [3.63, 3.8) is 0 Å². The van der Waals surface area contributed by atoms with Crippen LogP contribution in [0.15, 0.2) is 16.7 Å². The molecule has 1 aromatic rings. The lowest BCUT2D eigenvalue weighted by molar-refractivity contribution is -0.00461. The molecule has 2 atom stereocenters. The summed E-state index contributed by atoms with van der Waals surface area (Å²) < 4.78 is 11.7. The molecule has 1 saturated heterocycles. The molecule has 18 heavy (non-hydrogen) atoms. The summed E-state index contributed by atoms with van der Waals surface area (Å²) in [6, 6.07) is 1.88. The van der Waals surface area contributed by atoms with Gasteiger partial charge in [-0.2, -0.15) is 0 Å². The van der Waals surface area contributed by atoms with Crippen molar-refractivity contribution < 1.29 is 14.6 Å². The summed E-state index contributed by atoms with van der Waals surface area (Å²) in [6.45, 7) is 1.40. The average molecular weight is 317 g/mol. The van der Waals surface area contributed by atoms with Crippen molar-refractivity contribution in [3.8, 4) is 0 Å². The van der Waals surface area contributed by atoms with E-state index in [4.69, 9.17) is 9.47 Å². The highest BCUT2D eigenvalue weighted by atomic mass is 79.9. The molecular weight excluding hydrogens is 300 g/mol. The molecule has 6 heteroatoms. The summed E-state index contributed by atoms with van der Waals surface area (Å²) in [5.41, 5.74) is 0.802. The number of methoxy groups -OCH3 is 2. The average Bonchev–Trinajstić information content (AvgIpc) is 2.81. The first-order valence-electron chi connectivity index (χ1n) is 5.75. The van der Waals surface area contributed by atoms with Gasteiger partial charge in [-0.3, -0.25) is 0 Å². The highest BCUT2D eigenvalue weighted by Crippen LogP contribution is 2.26. The van der Waals surface area contributed by atoms with Crippen LogP contribution in [-0.4, -0.2) is 49.6 Å². The summed E-state index contributed by atoms with van der Waals surface area (Å²) in [4.78, 5) is 6.46. The van der Waals surface area contributed by atoms with Crippen molar-refractivity contribution in [1.82, 2.24) is 4.98 Å². The minimum Gasteiger partial charge on any atom is -0.392 e. The molecular formula is C12H17BrN2O3. The molecule has 5 nitrogen and oxygen atoms in total. The normalized spacial score (nSPS) is 23.7. The maximum Gasteiger partial charge on any atom is 0.134 e. The van der Waals surface area contributed by atoms with Crippen LogP contribution in [0.4, 0.5) is 5.82 Å². The summed E-state index contributed by atoms with van der Waals surface area (Å²) in [5.74, 6) is 0.794. The van der Waals surface area contributed by atoms with E-state index in [0.717, 1.165) is 28.9 Å². The lowest BCUT2D eigenvalue weighted by Crippen LogP contribution is -2.27. The van der Waals surface area contributed by atoms with Crippen molar-refractivity contribution in [2.75, 3.05) is 32.2 Å². The van der Waals surface area contributed by atoms with Crippen molar-refractivity contribution in [2.45, 2.75) is 18.8 Å². The number of aliphatic hydroxyl groups is 1. The lowest BCUT2D eigenvalue weighted by atomic mass is 10.2. The Morgan fingerprint density at radius 1 is 1.39 bits per heavy atom. The maximum absolute atomic E-state index is 9.40. The van der Waals surface area contributed by atoms with Gasteiger partial charge < -0.3 is 19.5 Å². The smallest absolute Gasteiger partial charge is 0.134 e. The Hall–Kier alpha value is -0.690. The molecule has 0 radical (unpaired) electrons. The van der Waals surface area contributed by atoms with E-state index in [2.05, 4.69) is 25.8 Å². The molecule has 0 amide bonds. The van der Waals surface area contributed by atoms with Gasteiger partial charge in [-0.15, -0.1) is 0 Å². The second-order valence-electron chi connectivity index (χ2n) is 4.25. The highest BCUT2D eigenvalue weighted by molar-refractivity contribution is 9.10. The Kier molecular flexibility index (Phi) is 4.55. The Morgan fingerprint density at radius 2 is 2.00 bits per heavy atom. The van der Waals surface area contributed by atoms with Crippen LogP contribution >= 0.6 is 15.9 Å². The molecule has 2 unspecified atom stereocenters. The minimum absolute atomic E-state index is 0.0342. The molecule has 100 valence electrons. The summed E-state index contributed by atoms with van der Waals surface area (Å²) in [7, 11) is 3.37. The highest BCUT2D eigenvalue weighted by Gasteiger charge is 2.34. The van der Waals surface area contributed by atoms with E-state index in [1.807, 2.05) is 6.07 Å². The predicted molar refractivity (Wildman–Crippen MR) is 71.7 cm³/mol. The van der Waals surface area contributed by atoms with Crippen LogP contribution in [0, 0.1) is 0 Å². The van der Waals surface area contributed by atoms with E-state index in [1.54, 1.807) is 20.4 Å². The quantitative estimate of drug-likeness (QED) is 0.904. The van der Waals surface area contributed by atoms with Gasteiger partial charge in [-0.1, -0.05) is 0 Å². The second-order valence-corrected chi connectivity index (χ2v) is 5.16. The number of aliphatic hydroxyl groups excluding tert-OH is 1. The number of ether oxygens (including phenoxy) is 2. The summed E-state index contributed by atoms with van der Waals surface area (Å²) in [6.07, 6.45) is 1.80. The molecule has 0 bridgehead atoms. The lowest BCUT2D eigenvalue weighted by Gasteiger charge is -2.19. The van der Waals surface area contributed by atoms with Gasteiger partial charge in [0.1, 0.15) is 18.0 Å². The molecule has 1 fully saturated rings. The van der Waals surface area contributed by atoms with Crippen molar-refractivity contribution in [1.29, 1.82) is 0 Å². The van der Waals surface area contributed by atoms with Crippen LogP contribution in [0.5, 0.6) is 0 Å². The van der Waals surface area contributed by atoms with Gasteiger partial charge in [-0.25, -0.2) is 4.98 Å². The van der Waals surface area contributed by atoms with Crippen molar-refractivity contribution in [3.05, 3.63) is 22.3 Å². The molecule has 0 aliphatic carbocycles. The molecule has 0 saturated carbocycles. The largest absolute Gasteiger partial charge is 0.392 e. The van der Waals surface area contributed by atoms with Crippen LogP contribution in [0.25, 0.3) is 0 Å². The SMILES string of the molecule is COC1CN(c2ncc(Br)cc2CO)CC1OC. The molecule has 1 aromatic heterocycles. The molecule has 1 N–H and O–H groups in total. The van der Waals surface area contributed by atoms with Crippen LogP contribution in [-0.2, 0) is 16.1 Å². The van der Waals surface area contributed by atoms with Gasteiger partial charge in [0.25, 0.3) is 0 Å². The molecule has 2 rings (SSSR count). The molecule has 0 aromatic carbocycles. The Balaban J connectivity index is 2.22. The number of anilines is 1. The predicted octanol–water partition coefficient (Wildman–Crippen LogP) is 1.19. The van der Waals surface area contributed by atoms with Gasteiger partial charge in [0.05, 0.1) is 6.61 Å². The fourth-order valence-electron chi connectivity index (χ4n) is 2.24. The first-order valence-corrected chi connectivity index (χ1v) is 6.54. The Bertz CT molecular complexity index is 404. The van der Waals surface area contributed by atoms with Crippen molar-refractivity contribution in [2.24, 2.45) is 0 Å². The van der Waals surface area contributed by atoms with Crippen LogP contribution < -0.4 is 4.90 Å². The first kappa shape index (κ1) is 13.7. The number of halogens is 1. The van der Waals surface area contributed by atoms with E-state index >= 15 is 0 Å². The number of nitrogens with zero attached hydrogens (tertiary/aromatic N) is 2. The maximum atomic E-state index is 9.40. The summed E-state index contributed by atoms with van der Waals surface area (Å²) in [5, 5.41) is 9.40. The first-order chi connectivity index (χ1) is 8.69. The molecule has 1 aliphatic rings.